The van der Waals surface area contributed by atoms with Crippen molar-refractivity contribution in [3.63, 3.8) is 0 Å². The third-order valence-electron chi connectivity index (χ3n) is 8.69. The number of nitrogens with one attached hydrogen (secondary N) is 1. The maximum atomic E-state index is 15.3. The van der Waals surface area contributed by atoms with Crippen LogP contribution in [-0.4, -0.2) is 76.7 Å². The summed E-state index contributed by atoms with van der Waals surface area (Å²) < 4.78 is 32.2. The molecule has 3 aromatic rings. The van der Waals surface area contributed by atoms with Crippen LogP contribution in [0.2, 0.25) is 0 Å². The zero-order valence-electron chi connectivity index (χ0n) is 22.7. The lowest BCUT2D eigenvalue weighted by molar-refractivity contribution is 0.0980. The van der Waals surface area contributed by atoms with E-state index in [9.17, 15) is 10.1 Å². The summed E-state index contributed by atoms with van der Waals surface area (Å²) in [6, 6.07) is 6.41. The van der Waals surface area contributed by atoms with Crippen molar-refractivity contribution in [3.05, 3.63) is 51.9 Å². The number of halogens is 2. The van der Waals surface area contributed by atoms with Crippen molar-refractivity contribution < 1.29 is 8.78 Å². The number of piperazine rings is 1. The van der Waals surface area contributed by atoms with Gasteiger partial charge in [-0.3, -0.25) is 14.3 Å². The Balaban J connectivity index is 1.21. The predicted molar refractivity (Wildman–Crippen MR) is 150 cm³/mol. The number of anilines is 3. The van der Waals surface area contributed by atoms with Gasteiger partial charge in [0.25, 0.3) is 5.56 Å². The van der Waals surface area contributed by atoms with Crippen LogP contribution in [0.25, 0.3) is 11.0 Å². The number of hydrogen-bond acceptors (Lipinski definition) is 8. The molecule has 11 heteroatoms. The third-order valence-corrected chi connectivity index (χ3v) is 8.69. The fraction of sp³-hybridized carbons (Fsp3) is 0.517. The molecule has 9 nitrogen and oxygen atoms in total. The van der Waals surface area contributed by atoms with E-state index >= 15 is 8.78 Å². The summed E-state index contributed by atoms with van der Waals surface area (Å²) >= 11 is 0. The van der Waals surface area contributed by atoms with Crippen LogP contribution in [0.4, 0.5) is 26.1 Å². The molecule has 1 aliphatic carbocycles. The average Bonchev–Trinajstić information content (AvgIpc) is 3.48. The summed E-state index contributed by atoms with van der Waals surface area (Å²) in [5.74, 6) is -1.14. The van der Waals surface area contributed by atoms with Gasteiger partial charge in [-0.2, -0.15) is 10.2 Å². The summed E-state index contributed by atoms with van der Waals surface area (Å²) in [6.07, 6.45) is 6.96. The van der Waals surface area contributed by atoms with E-state index in [0.29, 0.717) is 30.2 Å². The van der Waals surface area contributed by atoms with Gasteiger partial charge in [-0.05, 0) is 50.9 Å². The standard InChI is InChI=1S/C29H34F2N8O/c1-36-10-12-37(13-11-36)22-6-8-38(9-7-22)26-24(30)15-21(16-25(26)31)34-29-33-18-20-14-19(17-32)28(40)39(27(20)35-29)23-4-2-3-5-23/h14-16,18,22-23H,2-13H2,1H3,(H,33,34,35). The van der Waals surface area contributed by atoms with E-state index in [1.807, 2.05) is 6.07 Å². The Morgan fingerprint density at radius 3 is 2.27 bits per heavy atom. The van der Waals surface area contributed by atoms with E-state index in [-0.39, 0.29) is 34.5 Å². The average molecular weight is 549 g/mol. The highest BCUT2D eigenvalue weighted by Crippen LogP contribution is 2.33. The Bertz CT molecular complexity index is 1470. The minimum Gasteiger partial charge on any atom is -0.367 e. The Morgan fingerprint density at radius 1 is 0.950 bits per heavy atom. The second kappa shape index (κ2) is 11.1. The minimum atomic E-state index is -0.636. The highest BCUT2D eigenvalue weighted by atomic mass is 19.1. The molecule has 4 heterocycles. The first kappa shape index (κ1) is 26.6. The number of aromatic nitrogens is 3. The second-order valence-electron chi connectivity index (χ2n) is 11.2. The van der Waals surface area contributed by atoms with Crippen LogP contribution in [0.3, 0.4) is 0 Å². The molecule has 2 aromatic heterocycles. The molecule has 0 spiro atoms. The van der Waals surface area contributed by atoms with Crippen LogP contribution < -0.4 is 15.8 Å². The quantitative estimate of drug-likeness (QED) is 0.511. The van der Waals surface area contributed by atoms with Gasteiger partial charge in [0, 0.05) is 68.6 Å². The molecule has 0 atom stereocenters. The van der Waals surface area contributed by atoms with Crippen LogP contribution in [0, 0.1) is 23.0 Å². The number of piperidine rings is 1. The number of pyridine rings is 1. The second-order valence-corrected chi connectivity index (χ2v) is 11.2. The van der Waals surface area contributed by atoms with Gasteiger partial charge in [0.15, 0.2) is 11.6 Å². The van der Waals surface area contributed by atoms with Crippen molar-refractivity contribution in [2.24, 2.45) is 0 Å². The zero-order chi connectivity index (χ0) is 27.8. The van der Waals surface area contributed by atoms with Crippen molar-refractivity contribution in [1.82, 2.24) is 24.3 Å². The van der Waals surface area contributed by atoms with Crippen LogP contribution in [-0.2, 0) is 0 Å². The Morgan fingerprint density at radius 2 is 1.62 bits per heavy atom. The van der Waals surface area contributed by atoms with Gasteiger partial charge in [-0.1, -0.05) is 12.8 Å². The van der Waals surface area contributed by atoms with Gasteiger partial charge in [-0.15, -0.1) is 0 Å². The molecule has 0 unspecified atom stereocenters. The van der Waals surface area contributed by atoms with Crippen LogP contribution in [0.1, 0.15) is 50.1 Å². The monoisotopic (exact) mass is 548 g/mol. The van der Waals surface area contributed by atoms with E-state index in [2.05, 4.69) is 32.1 Å². The van der Waals surface area contributed by atoms with Crippen LogP contribution in [0.5, 0.6) is 0 Å². The highest BCUT2D eigenvalue weighted by Gasteiger charge is 2.29. The molecular weight excluding hydrogens is 514 g/mol. The summed E-state index contributed by atoms with van der Waals surface area (Å²) in [7, 11) is 2.14. The summed E-state index contributed by atoms with van der Waals surface area (Å²) in [6.45, 7) is 5.40. The van der Waals surface area contributed by atoms with E-state index in [0.717, 1.165) is 64.7 Å². The van der Waals surface area contributed by atoms with E-state index < -0.39 is 11.6 Å². The smallest absolute Gasteiger partial charge is 0.270 e. The first-order chi connectivity index (χ1) is 19.4. The molecule has 0 amide bonds. The lowest BCUT2D eigenvalue weighted by atomic mass is 10.0. The lowest BCUT2D eigenvalue weighted by Crippen LogP contribution is -2.52. The van der Waals surface area contributed by atoms with Gasteiger partial charge >= 0.3 is 0 Å². The molecule has 0 bridgehead atoms. The van der Waals surface area contributed by atoms with E-state index in [4.69, 9.17) is 0 Å². The summed E-state index contributed by atoms with van der Waals surface area (Å²) in [5.41, 5.74) is 0.282. The number of likely N-dealkylation sites (N-methyl/N-ethyl adjacent to an activating group) is 1. The Hall–Kier alpha value is -3.62. The Labute approximate surface area is 232 Å². The molecule has 3 fully saturated rings. The van der Waals surface area contributed by atoms with Crippen molar-refractivity contribution >= 4 is 28.4 Å². The predicted octanol–water partition coefficient (Wildman–Crippen LogP) is 4.02. The van der Waals surface area contributed by atoms with E-state index in [1.165, 1.54) is 24.4 Å². The largest absolute Gasteiger partial charge is 0.367 e. The van der Waals surface area contributed by atoms with E-state index in [1.54, 1.807) is 9.47 Å². The molecule has 6 rings (SSSR count). The van der Waals surface area contributed by atoms with Crippen LogP contribution >= 0.6 is 0 Å². The molecular formula is C29H34F2N8O. The zero-order valence-corrected chi connectivity index (χ0v) is 22.7. The van der Waals surface area contributed by atoms with Crippen LogP contribution in [0.15, 0.2) is 29.2 Å². The topological polar surface area (TPSA) is 93.3 Å². The Kier molecular flexibility index (Phi) is 7.38. The normalized spacial score (nSPS) is 19.8. The van der Waals surface area contributed by atoms with Gasteiger partial charge in [0.05, 0.1) is 0 Å². The fourth-order valence-electron chi connectivity index (χ4n) is 6.47. The number of hydrogen-bond donors (Lipinski definition) is 1. The first-order valence-corrected chi connectivity index (χ1v) is 14.2. The van der Waals surface area contributed by atoms with Gasteiger partial charge in [-0.25, -0.2) is 13.8 Å². The third kappa shape index (κ3) is 5.13. The SMILES string of the molecule is CN1CCN(C2CCN(c3c(F)cc(Nc4ncc5cc(C#N)c(=O)n(C6CCCC6)c5n4)cc3F)CC2)CC1. The minimum absolute atomic E-state index is 0.000845. The molecule has 210 valence electrons. The molecule has 2 saturated heterocycles. The van der Waals surface area contributed by atoms with Gasteiger partial charge in [0.2, 0.25) is 5.95 Å². The maximum Gasteiger partial charge on any atom is 0.270 e. The molecule has 1 saturated carbocycles. The van der Waals surface area contributed by atoms with Gasteiger partial charge < -0.3 is 15.1 Å². The molecule has 3 aliphatic rings. The number of nitrogens with zero attached hydrogens (tertiary/aromatic N) is 7. The van der Waals surface area contributed by atoms with Crippen molar-refractivity contribution in [1.29, 1.82) is 5.26 Å². The number of benzene rings is 1. The number of fused-ring (bicyclic) bond motifs is 1. The molecule has 2 aliphatic heterocycles. The molecule has 0 radical (unpaired) electrons. The summed E-state index contributed by atoms with van der Waals surface area (Å²) in [4.78, 5) is 28.5. The molecule has 1 aromatic carbocycles. The van der Waals surface area contributed by atoms with Crippen molar-refractivity contribution in [3.8, 4) is 6.07 Å². The highest BCUT2D eigenvalue weighted by molar-refractivity contribution is 5.77. The number of nitriles is 1. The van der Waals surface area contributed by atoms with Crippen molar-refractivity contribution in [2.45, 2.75) is 50.6 Å². The van der Waals surface area contributed by atoms with Gasteiger partial charge in [0.1, 0.15) is 23.0 Å². The first-order valence-electron chi connectivity index (χ1n) is 14.2. The fourth-order valence-corrected chi connectivity index (χ4v) is 6.47. The lowest BCUT2D eigenvalue weighted by Gasteiger charge is -2.42. The maximum absolute atomic E-state index is 15.3. The molecule has 1 N–H and O–H groups in total. The van der Waals surface area contributed by atoms with Crippen molar-refractivity contribution in [2.75, 3.05) is 56.5 Å². The summed E-state index contributed by atoms with van der Waals surface area (Å²) in [5, 5.41) is 12.9. The number of rotatable bonds is 5. The molecule has 40 heavy (non-hydrogen) atoms.